The molecule has 0 saturated heterocycles. The first-order chi connectivity index (χ1) is 15.2. The fourth-order valence-corrected chi connectivity index (χ4v) is 3.56. The van der Waals surface area contributed by atoms with Crippen LogP contribution >= 0.6 is 0 Å². The van der Waals surface area contributed by atoms with E-state index >= 15 is 0 Å². The van der Waals surface area contributed by atoms with E-state index < -0.39 is 6.09 Å². The van der Waals surface area contributed by atoms with Crippen LogP contribution in [-0.4, -0.2) is 39.1 Å². The second kappa shape index (κ2) is 14.6. The van der Waals surface area contributed by atoms with Crippen LogP contribution in [0.3, 0.4) is 0 Å². The van der Waals surface area contributed by atoms with Gasteiger partial charge in [-0.15, -0.1) is 0 Å². The average Bonchev–Trinajstić information content (AvgIpc) is 2.80. The van der Waals surface area contributed by atoms with Crippen LogP contribution in [0.25, 0.3) is 22.9 Å². The Bertz CT molecular complexity index is 923. The number of nitrogens with one attached hydrogen (secondary N) is 1. The predicted octanol–water partition coefficient (Wildman–Crippen LogP) is 4.28. The summed E-state index contributed by atoms with van der Waals surface area (Å²) >= 11 is 0. The molecule has 0 aliphatic heterocycles. The number of amides is 1. The molecule has 0 saturated carbocycles. The lowest BCUT2D eigenvalue weighted by Crippen LogP contribution is -2.32. The summed E-state index contributed by atoms with van der Waals surface area (Å²) in [5, 5.41) is 7.23. The van der Waals surface area contributed by atoms with Crippen molar-refractivity contribution in [1.29, 1.82) is 0 Å². The van der Waals surface area contributed by atoms with Crippen molar-refractivity contribution in [2.45, 2.75) is 53.1 Å². The molecule has 5 heteroatoms. The molecule has 0 fully saturated rings. The number of fused-ring (bicyclic) bond motifs is 1. The molecule has 1 amide bonds. The highest BCUT2D eigenvalue weighted by Gasteiger charge is 2.08. The Balaban J connectivity index is 1.73. The van der Waals surface area contributed by atoms with E-state index in [0.29, 0.717) is 26.4 Å². The van der Waals surface area contributed by atoms with E-state index in [2.05, 4.69) is 42.6 Å². The molecular formula is C26H37NO4. The average molecular weight is 428 g/mol. The molecule has 0 bridgehead atoms. The molecule has 2 aromatic carbocycles. The third-order valence-electron chi connectivity index (χ3n) is 5.21. The molecule has 2 rings (SSSR count). The topological polar surface area (TPSA) is 56.8 Å². The van der Waals surface area contributed by atoms with Gasteiger partial charge in [-0.2, -0.15) is 0 Å². The van der Waals surface area contributed by atoms with Gasteiger partial charge < -0.3 is 19.5 Å². The fourth-order valence-electron chi connectivity index (χ4n) is 3.56. The molecule has 5 nitrogen and oxygen atoms in total. The van der Waals surface area contributed by atoms with Crippen LogP contribution < -0.4 is 15.8 Å². The molecule has 0 spiro atoms. The zero-order chi connectivity index (χ0) is 22.3. The van der Waals surface area contributed by atoms with Crippen molar-refractivity contribution in [3.05, 3.63) is 46.3 Å². The van der Waals surface area contributed by atoms with Gasteiger partial charge in [-0.25, -0.2) is 4.79 Å². The Morgan fingerprint density at radius 3 is 2.48 bits per heavy atom. The smallest absolute Gasteiger partial charge is 0.407 e. The van der Waals surface area contributed by atoms with E-state index in [1.807, 2.05) is 26.0 Å². The second-order valence-electron chi connectivity index (χ2n) is 7.44. The largest absolute Gasteiger partial charge is 0.445 e. The molecule has 0 radical (unpaired) electrons. The number of alkyl carbamates (subject to hydrolysis) is 1. The number of hydrogen-bond acceptors (Lipinski definition) is 4. The summed E-state index contributed by atoms with van der Waals surface area (Å²) in [6.45, 7) is 9.20. The Morgan fingerprint density at radius 2 is 1.74 bits per heavy atom. The lowest BCUT2D eigenvalue weighted by atomic mass is 10.0. The zero-order valence-electron chi connectivity index (χ0n) is 19.2. The molecule has 0 aliphatic rings. The number of carbonyl (C=O) groups is 1. The van der Waals surface area contributed by atoms with Crippen molar-refractivity contribution in [1.82, 2.24) is 5.32 Å². The molecule has 0 heterocycles. The second-order valence-corrected chi connectivity index (χ2v) is 7.44. The van der Waals surface area contributed by atoms with Gasteiger partial charge in [0.2, 0.25) is 0 Å². The summed E-state index contributed by atoms with van der Waals surface area (Å²) in [5.74, 6) is 0. The van der Waals surface area contributed by atoms with Gasteiger partial charge in [0.25, 0.3) is 0 Å². The maximum absolute atomic E-state index is 12.1. The molecule has 0 aromatic heterocycles. The minimum absolute atomic E-state index is 0.223. The Morgan fingerprint density at radius 1 is 0.968 bits per heavy atom. The quantitative estimate of drug-likeness (QED) is 0.485. The predicted molar refractivity (Wildman–Crippen MR) is 127 cm³/mol. The van der Waals surface area contributed by atoms with Gasteiger partial charge in [0.1, 0.15) is 6.61 Å². The highest BCUT2D eigenvalue weighted by Crippen LogP contribution is 2.15. The summed E-state index contributed by atoms with van der Waals surface area (Å²) in [7, 11) is 0. The molecule has 1 N–H and O–H groups in total. The summed E-state index contributed by atoms with van der Waals surface area (Å²) in [6, 6.07) is 10.3. The Kier molecular flexibility index (Phi) is 11.7. The monoisotopic (exact) mass is 427 g/mol. The number of hydrogen-bond donors (Lipinski definition) is 1. The Hall–Kier alpha value is -2.37. The van der Waals surface area contributed by atoms with Crippen LogP contribution in [0.2, 0.25) is 0 Å². The highest BCUT2D eigenvalue weighted by atomic mass is 16.5. The number of carbonyl (C=O) groups excluding carboxylic acids is 1. The van der Waals surface area contributed by atoms with Crippen molar-refractivity contribution in [2.75, 3.05) is 33.0 Å². The fraction of sp³-hybridized carbons (Fsp3) is 0.500. The van der Waals surface area contributed by atoms with Crippen LogP contribution in [0.1, 0.15) is 52.0 Å². The van der Waals surface area contributed by atoms with Gasteiger partial charge in [0.05, 0.1) is 19.8 Å². The van der Waals surface area contributed by atoms with Gasteiger partial charge in [0, 0.05) is 18.7 Å². The molecule has 0 aliphatic carbocycles. The number of benzene rings is 2. The van der Waals surface area contributed by atoms with Crippen molar-refractivity contribution in [2.24, 2.45) is 0 Å². The van der Waals surface area contributed by atoms with Crippen LogP contribution in [0.4, 0.5) is 4.79 Å². The van der Waals surface area contributed by atoms with E-state index in [4.69, 9.17) is 14.2 Å². The standard InChI is InChI=1S/C26H37NO4/c1-4-7-8-11-15-29-17-18-30-16-14-27-26(28)31-20-25-23(6-3)21(5-2)19-22-12-9-10-13-24(22)25/h5-6,9-10,12-13,19H,4,7-8,11,14-18,20H2,1-3H3,(H,27,28)/b21-5-,23-6+. The van der Waals surface area contributed by atoms with E-state index in [-0.39, 0.29) is 6.61 Å². The normalized spacial score (nSPS) is 12.5. The first kappa shape index (κ1) is 24.9. The minimum atomic E-state index is -0.437. The highest BCUT2D eigenvalue weighted by molar-refractivity contribution is 5.86. The van der Waals surface area contributed by atoms with E-state index in [9.17, 15) is 4.79 Å². The molecule has 170 valence electrons. The van der Waals surface area contributed by atoms with Crippen molar-refractivity contribution < 1.29 is 19.0 Å². The number of ether oxygens (including phenoxy) is 3. The van der Waals surface area contributed by atoms with Crippen LogP contribution in [0.5, 0.6) is 0 Å². The van der Waals surface area contributed by atoms with Crippen molar-refractivity contribution >= 4 is 29.0 Å². The zero-order valence-corrected chi connectivity index (χ0v) is 19.2. The summed E-state index contributed by atoms with van der Waals surface area (Å²) in [5.41, 5.74) is 1.02. The molecule has 2 aromatic rings. The SMILES string of the molecule is C/C=c1/cc2ccccc2c(COC(=O)NCCOCCOCCCCCC)/c1=C/C. The van der Waals surface area contributed by atoms with Gasteiger partial charge >= 0.3 is 6.09 Å². The van der Waals surface area contributed by atoms with Crippen molar-refractivity contribution in [3.63, 3.8) is 0 Å². The minimum Gasteiger partial charge on any atom is -0.445 e. The molecular weight excluding hydrogens is 390 g/mol. The van der Waals surface area contributed by atoms with E-state index in [1.54, 1.807) is 0 Å². The van der Waals surface area contributed by atoms with Gasteiger partial charge in [-0.05, 0) is 47.5 Å². The number of rotatable bonds is 13. The summed E-state index contributed by atoms with van der Waals surface area (Å²) in [4.78, 5) is 12.1. The first-order valence-corrected chi connectivity index (χ1v) is 11.4. The first-order valence-electron chi connectivity index (χ1n) is 11.4. The van der Waals surface area contributed by atoms with Crippen LogP contribution in [-0.2, 0) is 20.8 Å². The number of unbranched alkanes of at least 4 members (excludes halogenated alkanes) is 3. The Labute approximate surface area is 186 Å². The maximum atomic E-state index is 12.1. The lowest BCUT2D eigenvalue weighted by molar-refractivity contribution is 0.0467. The summed E-state index contributed by atoms with van der Waals surface area (Å²) in [6.07, 6.45) is 8.53. The third kappa shape index (κ3) is 8.35. The molecule has 0 unspecified atom stereocenters. The van der Waals surface area contributed by atoms with Gasteiger partial charge in [0.15, 0.2) is 0 Å². The maximum Gasteiger partial charge on any atom is 0.407 e. The third-order valence-corrected chi connectivity index (χ3v) is 5.21. The van der Waals surface area contributed by atoms with Crippen LogP contribution in [0.15, 0.2) is 30.3 Å². The molecule has 31 heavy (non-hydrogen) atoms. The van der Waals surface area contributed by atoms with Crippen LogP contribution in [0, 0.1) is 0 Å². The van der Waals surface area contributed by atoms with E-state index in [1.165, 1.54) is 19.3 Å². The van der Waals surface area contributed by atoms with Gasteiger partial charge in [-0.3, -0.25) is 0 Å². The lowest BCUT2D eigenvalue weighted by Gasteiger charge is -2.11. The van der Waals surface area contributed by atoms with E-state index in [0.717, 1.165) is 39.8 Å². The molecule has 0 atom stereocenters. The van der Waals surface area contributed by atoms with Gasteiger partial charge in [-0.1, -0.05) is 62.6 Å². The van der Waals surface area contributed by atoms with Crippen molar-refractivity contribution in [3.8, 4) is 0 Å². The summed E-state index contributed by atoms with van der Waals surface area (Å²) < 4.78 is 16.5.